The molecule has 0 bridgehead atoms. The molecule has 1 N–H and O–H groups in total. The Morgan fingerprint density at radius 3 is 2.46 bits per heavy atom. The first kappa shape index (κ1) is 19.1. The van der Waals surface area contributed by atoms with Crippen LogP contribution >= 0.6 is 11.6 Å². The van der Waals surface area contributed by atoms with E-state index in [1.807, 2.05) is 0 Å². The maximum atomic E-state index is 12.9. The van der Waals surface area contributed by atoms with Crippen LogP contribution in [0.4, 0.5) is 15.8 Å². The summed E-state index contributed by atoms with van der Waals surface area (Å²) in [6, 6.07) is 8.52. The molecular formula is C16H12ClFN2O6. The quantitative estimate of drug-likeness (QED) is 0.448. The molecule has 8 nitrogen and oxygen atoms in total. The summed E-state index contributed by atoms with van der Waals surface area (Å²) in [5.41, 5.74) is 0.0623. The summed E-state index contributed by atoms with van der Waals surface area (Å²) in [5.74, 6) is -1.80. The molecule has 0 saturated heterocycles. The average molecular weight is 383 g/mol. The first-order valence-corrected chi connectivity index (χ1v) is 7.51. The van der Waals surface area contributed by atoms with Gasteiger partial charge < -0.3 is 14.8 Å². The molecule has 0 spiro atoms. The number of esters is 1. The third-order valence-electron chi connectivity index (χ3n) is 2.97. The number of nitrogens with zero attached hydrogens (tertiary/aromatic N) is 1. The molecule has 0 fully saturated rings. The van der Waals surface area contributed by atoms with Crippen LogP contribution in [0.3, 0.4) is 0 Å². The van der Waals surface area contributed by atoms with Gasteiger partial charge in [0, 0.05) is 12.1 Å². The molecule has 136 valence electrons. The molecule has 0 saturated carbocycles. The van der Waals surface area contributed by atoms with Crippen molar-refractivity contribution in [3.63, 3.8) is 0 Å². The van der Waals surface area contributed by atoms with Crippen LogP contribution in [0.15, 0.2) is 42.5 Å². The topological polar surface area (TPSA) is 108 Å². The lowest BCUT2D eigenvalue weighted by molar-refractivity contribution is -0.384. The molecule has 26 heavy (non-hydrogen) atoms. The highest BCUT2D eigenvalue weighted by Crippen LogP contribution is 2.22. The highest BCUT2D eigenvalue weighted by atomic mass is 35.5. The molecule has 0 unspecified atom stereocenters. The van der Waals surface area contributed by atoms with Crippen LogP contribution in [0.2, 0.25) is 5.02 Å². The first-order valence-electron chi connectivity index (χ1n) is 7.13. The van der Waals surface area contributed by atoms with Crippen molar-refractivity contribution in [2.45, 2.75) is 0 Å². The second kappa shape index (κ2) is 8.77. The van der Waals surface area contributed by atoms with Crippen LogP contribution < -0.4 is 10.1 Å². The maximum Gasteiger partial charge on any atom is 0.344 e. The number of halogens is 2. The average Bonchev–Trinajstić information content (AvgIpc) is 2.61. The largest absolute Gasteiger partial charge is 0.482 e. The molecule has 0 aliphatic rings. The van der Waals surface area contributed by atoms with Crippen molar-refractivity contribution in [1.29, 1.82) is 0 Å². The summed E-state index contributed by atoms with van der Waals surface area (Å²) in [6.07, 6.45) is 0. The fourth-order valence-electron chi connectivity index (χ4n) is 1.77. The number of nitro benzene ring substituents is 1. The Labute approximate surface area is 151 Å². The van der Waals surface area contributed by atoms with E-state index in [0.717, 1.165) is 12.1 Å². The molecule has 0 aliphatic carbocycles. The van der Waals surface area contributed by atoms with Crippen molar-refractivity contribution >= 4 is 34.9 Å². The molecule has 2 rings (SSSR count). The number of nitrogens with one attached hydrogen (secondary N) is 1. The van der Waals surface area contributed by atoms with Gasteiger partial charge in [-0.25, -0.2) is 9.18 Å². The van der Waals surface area contributed by atoms with E-state index in [1.165, 1.54) is 30.3 Å². The summed E-state index contributed by atoms with van der Waals surface area (Å²) in [5, 5.41) is 12.9. The van der Waals surface area contributed by atoms with Gasteiger partial charge in [-0.05, 0) is 30.3 Å². The van der Waals surface area contributed by atoms with Crippen molar-refractivity contribution in [2.75, 3.05) is 18.5 Å². The summed E-state index contributed by atoms with van der Waals surface area (Å²) in [6.45, 7) is -1.07. The first-order chi connectivity index (χ1) is 12.3. The Morgan fingerprint density at radius 2 is 1.85 bits per heavy atom. The van der Waals surface area contributed by atoms with Crippen LogP contribution in [-0.2, 0) is 14.3 Å². The Balaban J connectivity index is 1.75. The van der Waals surface area contributed by atoms with Gasteiger partial charge in [-0.15, -0.1) is 0 Å². The number of carbonyl (C=O) groups is 2. The van der Waals surface area contributed by atoms with Gasteiger partial charge in [-0.3, -0.25) is 14.9 Å². The SMILES string of the molecule is O=C(COC(=O)COc1ccc([N+](=O)[O-])cc1)Nc1ccc(F)cc1Cl. The number of nitro groups is 1. The third kappa shape index (κ3) is 5.71. The minimum absolute atomic E-state index is 0.00572. The number of hydrogen-bond donors (Lipinski definition) is 1. The number of non-ortho nitro benzene ring substituents is 1. The Hall–Kier alpha value is -3.20. The van der Waals surface area contributed by atoms with Crippen molar-refractivity contribution in [1.82, 2.24) is 0 Å². The van der Waals surface area contributed by atoms with E-state index >= 15 is 0 Å². The molecule has 1 amide bonds. The standard InChI is InChI=1S/C16H12ClFN2O6/c17-13-7-10(18)1-6-14(13)19-15(21)8-26-16(22)9-25-12-4-2-11(3-5-12)20(23)24/h1-7H,8-9H2,(H,19,21). The second-order valence-corrected chi connectivity index (χ2v) is 5.28. The highest BCUT2D eigenvalue weighted by Gasteiger charge is 2.11. The van der Waals surface area contributed by atoms with Crippen molar-refractivity contribution in [3.8, 4) is 5.75 Å². The molecule has 0 atom stereocenters. The molecule has 2 aromatic carbocycles. The van der Waals surface area contributed by atoms with Gasteiger partial charge in [0.2, 0.25) is 0 Å². The monoisotopic (exact) mass is 382 g/mol. The number of carbonyl (C=O) groups excluding carboxylic acids is 2. The van der Waals surface area contributed by atoms with Gasteiger partial charge in [0.1, 0.15) is 11.6 Å². The van der Waals surface area contributed by atoms with Crippen LogP contribution in [0.1, 0.15) is 0 Å². The minimum atomic E-state index is -0.816. The number of anilines is 1. The van der Waals surface area contributed by atoms with Gasteiger partial charge in [-0.1, -0.05) is 11.6 Å². The van der Waals surface area contributed by atoms with Crippen LogP contribution in [0.5, 0.6) is 5.75 Å². The predicted molar refractivity (Wildman–Crippen MR) is 89.6 cm³/mol. The molecule has 0 aliphatic heterocycles. The fraction of sp³-hybridized carbons (Fsp3) is 0.125. The molecular weight excluding hydrogens is 371 g/mol. The van der Waals surface area contributed by atoms with E-state index < -0.39 is 35.8 Å². The smallest absolute Gasteiger partial charge is 0.344 e. The second-order valence-electron chi connectivity index (χ2n) is 4.87. The van der Waals surface area contributed by atoms with Gasteiger partial charge >= 0.3 is 5.97 Å². The summed E-state index contributed by atoms with van der Waals surface area (Å²) >= 11 is 5.76. The molecule has 10 heteroatoms. The summed E-state index contributed by atoms with van der Waals surface area (Å²) < 4.78 is 22.7. The van der Waals surface area contributed by atoms with E-state index in [1.54, 1.807) is 0 Å². The van der Waals surface area contributed by atoms with Crippen molar-refractivity contribution < 1.29 is 28.4 Å². The fourth-order valence-corrected chi connectivity index (χ4v) is 1.99. The van der Waals surface area contributed by atoms with E-state index in [2.05, 4.69) is 5.32 Å². The van der Waals surface area contributed by atoms with Crippen LogP contribution in [0.25, 0.3) is 0 Å². The molecule has 2 aromatic rings. The lowest BCUT2D eigenvalue weighted by Crippen LogP contribution is -2.23. The zero-order chi connectivity index (χ0) is 19.1. The number of hydrogen-bond acceptors (Lipinski definition) is 6. The van der Waals surface area contributed by atoms with Gasteiger partial charge in [-0.2, -0.15) is 0 Å². The van der Waals surface area contributed by atoms with Gasteiger partial charge in [0.15, 0.2) is 13.2 Å². The lowest BCUT2D eigenvalue weighted by Gasteiger charge is -2.09. The van der Waals surface area contributed by atoms with Gasteiger partial charge in [0.05, 0.1) is 15.6 Å². The predicted octanol–water partition coefficient (Wildman–Crippen LogP) is 2.95. The number of amides is 1. The number of rotatable bonds is 7. The van der Waals surface area contributed by atoms with E-state index in [4.69, 9.17) is 21.1 Å². The van der Waals surface area contributed by atoms with Crippen LogP contribution in [0, 0.1) is 15.9 Å². The Kier molecular flexibility index (Phi) is 6.45. The molecule has 0 aromatic heterocycles. The highest BCUT2D eigenvalue weighted by molar-refractivity contribution is 6.33. The van der Waals surface area contributed by atoms with Crippen molar-refractivity contribution in [2.24, 2.45) is 0 Å². The molecule has 0 heterocycles. The van der Waals surface area contributed by atoms with Crippen molar-refractivity contribution in [3.05, 3.63) is 63.4 Å². The lowest BCUT2D eigenvalue weighted by atomic mass is 10.3. The minimum Gasteiger partial charge on any atom is -0.482 e. The third-order valence-corrected chi connectivity index (χ3v) is 3.29. The number of benzene rings is 2. The Bertz CT molecular complexity index is 828. The van der Waals surface area contributed by atoms with Crippen LogP contribution in [-0.4, -0.2) is 30.0 Å². The van der Waals surface area contributed by atoms with E-state index in [0.29, 0.717) is 0 Å². The Morgan fingerprint density at radius 1 is 1.15 bits per heavy atom. The van der Waals surface area contributed by atoms with Gasteiger partial charge in [0.25, 0.3) is 11.6 Å². The molecule has 0 radical (unpaired) electrons. The van der Waals surface area contributed by atoms with E-state index in [9.17, 15) is 24.1 Å². The number of ether oxygens (including phenoxy) is 2. The summed E-state index contributed by atoms with van der Waals surface area (Å²) in [7, 11) is 0. The normalized spacial score (nSPS) is 10.1. The van der Waals surface area contributed by atoms with E-state index in [-0.39, 0.29) is 22.1 Å². The maximum absolute atomic E-state index is 12.9. The zero-order valence-electron chi connectivity index (χ0n) is 13.1. The zero-order valence-corrected chi connectivity index (χ0v) is 13.9. The summed E-state index contributed by atoms with van der Waals surface area (Å²) in [4.78, 5) is 33.2.